The highest BCUT2D eigenvalue weighted by Crippen LogP contribution is 2.29. The van der Waals surface area contributed by atoms with E-state index < -0.39 is 23.5 Å². The van der Waals surface area contributed by atoms with Crippen molar-refractivity contribution in [1.29, 1.82) is 0 Å². The van der Waals surface area contributed by atoms with E-state index >= 15 is 0 Å². The fourth-order valence-electron chi connectivity index (χ4n) is 2.48. The number of benzene rings is 2. The lowest BCUT2D eigenvalue weighted by atomic mass is 10.2. The second-order valence-electron chi connectivity index (χ2n) is 5.67. The van der Waals surface area contributed by atoms with E-state index in [1.165, 1.54) is 11.0 Å². The smallest absolute Gasteiger partial charge is 0.303 e. The largest absolute Gasteiger partial charge is 0.481 e. The highest BCUT2D eigenvalue weighted by Gasteiger charge is 2.20. The summed E-state index contributed by atoms with van der Waals surface area (Å²) in [7, 11) is 0. The molecule has 0 atom stereocenters. The first-order valence-corrected chi connectivity index (χ1v) is 9.47. The zero-order valence-corrected chi connectivity index (χ0v) is 16.2. The molecule has 3 rings (SSSR count). The molecule has 0 unspecified atom stereocenters. The number of carbonyl (C=O) groups is 2. The van der Waals surface area contributed by atoms with Gasteiger partial charge in [-0.1, -0.05) is 15.9 Å². The molecule has 1 heterocycles. The van der Waals surface area contributed by atoms with E-state index in [1.807, 2.05) is 0 Å². The van der Waals surface area contributed by atoms with Gasteiger partial charge in [0.2, 0.25) is 5.91 Å². The first-order chi connectivity index (χ1) is 12.8. The highest BCUT2D eigenvalue weighted by molar-refractivity contribution is 9.10. The lowest BCUT2D eigenvalue weighted by Crippen LogP contribution is -2.30. The maximum atomic E-state index is 13.9. The molecule has 2 aromatic carbocycles. The van der Waals surface area contributed by atoms with Crippen LogP contribution in [0.1, 0.15) is 17.8 Å². The second kappa shape index (κ2) is 8.10. The van der Waals surface area contributed by atoms with E-state index in [1.54, 1.807) is 24.3 Å². The van der Waals surface area contributed by atoms with E-state index in [0.29, 0.717) is 16.2 Å². The lowest BCUT2D eigenvalue weighted by Gasteiger charge is -2.21. The van der Waals surface area contributed by atoms with E-state index in [0.717, 1.165) is 21.9 Å². The van der Waals surface area contributed by atoms with E-state index in [2.05, 4.69) is 20.9 Å². The number of thiazole rings is 1. The quantitative estimate of drug-likeness (QED) is 0.583. The van der Waals surface area contributed by atoms with Crippen LogP contribution in [0.3, 0.4) is 0 Å². The molecule has 1 N–H and O–H groups in total. The van der Waals surface area contributed by atoms with E-state index in [9.17, 15) is 18.4 Å². The molecule has 5 nitrogen and oxygen atoms in total. The van der Waals surface area contributed by atoms with Crippen LogP contribution in [0.25, 0.3) is 10.2 Å². The molecule has 27 heavy (non-hydrogen) atoms. The van der Waals surface area contributed by atoms with Gasteiger partial charge >= 0.3 is 5.97 Å². The molecule has 0 saturated heterocycles. The minimum Gasteiger partial charge on any atom is -0.481 e. The van der Waals surface area contributed by atoms with Gasteiger partial charge in [0.15, 0.2) is 11.6 Å². The van der Waals surface area contributed by atoms with Gasteiger partial charge in [-0.2, -0.15) is 0 Å². The Balaban J connectivity index is 1.93. The average molecular weight is 455 g/mol. The number of carbonyl (C=O) groups excluding carboxylic acids is 1. The molecule has 140 valence electrons. The monoisotopic (exact) mass is 454 g/mol. The minimum absolute atomic E-state index is 0.0283. The van der Waals surface area contributed by atoms with Gasteiger partial charge in [-0.3, -0.25) is 9.59 Å². The Labute approximate surface area is 165 Å². The number of anilines is 1. The van der Waals surface area contributed by atoms with Crippen LogP contribution in [0.2, 0.25) is 0 Å². The number of aromatic nitrogens is 1. The van der Waals surface area contributed by atoms with Crippen molar-refractivity contribution < 1.29 is 23.5 Å². The average Bonchev–Trinajstić information content (AvgIpc) is 3.05. The number of nitrogens with zero attached hydrogens (tertiary/aromatic N) is 2. The Bertz CT molecular complexity index is 1010. The summed E-state index contributed by atoms with van der Waals surface area (Å²) in [5, 5.41) is 9.25. The molecular formula is C18H13BrF2N2O3S. The summed E-state index contributed by atoms with van der Waals surface area (Å²) in [4.78, 5) is 29.0. The first kappa shape index (κ1) is 19.4. The first-order valence-electron chi connectivity index (χ1n) is 7.86. The van der Waals surface area contributed by atoms with Gasteiger partial charge in [0.25, 0.3) is 0 Å². The van der Waals surface area contributed by atoms with Crippen LogP contribution in [0.15, 0.2) is 40.9 Å². The summed E-state index contributed by atoms with van der Waals surface area (Å²) >= 11 is 4.28. The van der Waals surface area contributed by atoms with Gasteiger partial charge in [0, 0.05) is 16.6 Å². The molecule has 0 spiro atoms. The van der Waals surface area contributed by atoms with Gasteiger partial charge < -0.3 is 10.0 Å². The van der Waals surface area contributed by atoms with Crippen LogP contribution in [0, 0.1) is 11.6 Å². The number of amides is 1. The predicted octanol–water partition coefficient (Wildman–Crippen LogP) is 4.74. The number of hydrogen-bond acceptors (Lipinski definition) is 4. The summed E-state index contributed by atoms with van der Waals surface area (Å²) in [5.74, 6) is -3.40. The van der Waals surface area contributed by atoms with Gasteiger partial charge in [-0.25, -0.2) is 13.8 Å². The zero-order valence-electron chi connectivity index (χ0n) is 13.8. The predicted molar refractivity (Wildman–Crippen MR) is 102 cm³/mol. The summed E-state index contributed by atoms with van der Waals surface area (Å²) in [6.45, 7) is 0.0283. The van der Waals surface area contributed by atoms with Crippen LogP contribution in [0.5, 0.6) is 0 Å². The zero-order chi connectivity index (χ0) is 19.6. The maximum absolute atomic E-state index is 13.9. The van der Waals surface area contributed by atoms with Crippen LogP contribution in [-0.2, 0) is 16.1 Å². The molecule has 0 saturated carbocycles. The van der Waals surface area contributed by atoms with E-state index in [4.69, 9.17) is 5.11 Å². The Morgan fingerprint density at radius 3 is 2.48 bits per heavy atom. The normalized spacial score (nSPS) is 10.9. The third-order valence-corrected chi connectivity index (χ3v) is 5.36. The van der Waals surface area contributed by atoms with Crippen LogP contribution < -0.4 is 4.90 Å². The molecule has 0 bridgehead atoms. The third kappa shape index (κ3) is 4.48. The number of aliphatic carboxylic acids is 1. The van der Waals surface area contributed by atoms with Crippen molar-refractivity contribution in [3.8, 4) is 0 Å². The van der Waals surface area contributed by atoms with Crippen molar-refractivity contribution in [3.05, 3.63) is 57.5 Å². The molecule has 0 aliphatic carbocycles. The number of carboxylic acids is 1. The molecule has 3 aromatic rings. The van der Waals surface area contributed by atoms with Crippen LogP contribution >= 0.6 is 27.3 Å². The Morgan fingerprint density at radius 2 is 1.81 bits per heavy atom. The fourth-order valence-corrected chi connectivity index (χ4v) is 3.72. The summed E-state index contributed by atoms with van der Waals surface area (Å²) in [5.41, 5.74) is 0.863. The molecule has 0 aliphatic rings. The summed E-state index contributed by atoms with van der Waals surface area (Å²) in [6, 6.07) is 9.29. The summed E-state index contributed by atoms with van der Waals surface area (Å²) < 4.78 is 28.2. The highest BCUT2D eigenvalue weighted by atomic mass is 79.9. The molecule has 0 fully saturated rings. The molecule has 0 radical (unpaired) electrons. The topological polar surface area (TPSA) is 70.5 Å². The number of hydrogen-bond donors (Lipinski definition) is 1. The maximum Gasteiger partial charge on any atom is 0.303 e. The lowest BCUT2D eigenvalue weighted by molar-refractivity contribution is -0.138. The molecule has 1 amide bonds. The van der Waals surface area contributed by atoms with Gasteiger partial charge in [-0.15, -0.1) is 11.3 Å². The Hall–Kier alpha value is -2.39. The molecule has 1 aromatic heterocycles. The Morgan fingerprint density at radius 1 is 1.11 bits per heavy atom. The third-order valence-electron chi connectivity index (χ3n) is 3.78. The SMILES string of the molecule is O=C(O)CCC(=O)N(Cc1nc2ccc(F)c(F)c2s1)c1ccc(Br)cc1. The second-order valence-corrected chi connectivity index (χ2v) is 7.67. The van der Waals surface area contributed by atoms with Crippen LogP contribution in [-0.4, -0.2) is 22.0 Å². The summed E-state index contributed by atoms with van der Waals surface area (Å²) in [6.07, 6.45) is -0.481. The van der Waals surface area contributed by atoms with Crippen molar-refractivity contribution in [2.45, 2.75) is 19.4 Å². The van der Waals surface area contributed by atoms with Crippen molar-refractivity contribution >= 4 is 55.0 Å². The van der Waals surface area contributed by atoms with Gasteiger partial charge in [-0.05, 0) is 36.4 Å². The molecule has 9 heteroatoms. The van der Waals surface area contributed by atoms with Crippen LogP contribution in [0.4, 0.5) is 14.5 Å². The van der Waals surface area contributed by atoms with Gasteiger partial charge in [0.1, 0.15) is 5.01 Å². The number of halogens is 3. The van der Waals surface area contributed by atoms with Crippen molar-refractivity contribution in [3.63, 3.8) is 0 Å². The molecular weight excluding hydrogens is 442 g/mol. The van der Waals surface area contributed by atoms with Crippen molar-refractivity contribution in [1.82, 2.24) is 4.98 Å². The Kier molecular flexibility index (Phi) is 5.81. The fraction of sp³-hybridized carbons (Fsp3) is 0.167. The number of fused-ring (bicyclic) bond motifs is 1. The van der Waals surface area contributed by atoms with Gasteiger partial charge in [0.05, 0.1) is 23.2 Å². The van der Waals surface area contributed by atoms with E-state index in [-0.39, 0.29) is 24.1 Å². The standard InChI is InChI=1S/C18H13BrF2N2O3S/c19-10-1-3-11(4-2-10)23(15(24)7-8-16(25)26)9-14-22-13-6-5-12(20)17(21)18(13)27-14/h1-6H,7-9H2,(H,25,26). The molecule has 0 aliphatic heterocycles. The van der Waals surface area contributed by atoms with Crippen molar-refractivity contribution in [2.24, 2.45) is 0 Å². The number of carboxylic acid groups (broad SMARTS) is 1. The number of rotatable bonds is 6. The minimum atomic E-state index is -1.07. The van der Waals surface area contributed by atoms with Crippen molar-refractivity contribution in [2.75, 3.05) is 4.90 Å².